The second kappa shape index (κ2) is 15.9. The number of hydrogen-bond donors (Lipinski definition) is 3. The normalized spacial score (nSPS) is 33.4. The van der Waals surface area contributed by atoms with E-state index in [-0.39, 0.29) is 6.42 Å². The Morgan fingerprint density at radius 3 is 1.79 bits per heavy atom. The molecule has 0 aromatic heterocycles. The van der Waals surface area contributed by atoms with Crippen molar-refractivity contribution in [3.05, 3.63) is 0 Å². The van der Waals surface area contributed by atoms with Crippen LogP contribution in [0.5, 0.6) is 0 Å². The Hall–Kier alpha value is -2.36. The van der Waals surface area contributed by atoms with Gasteiger partial charge in [0.05, 0.1) is 23.9 Å². The molecule has 0 aliphatic carbocycles. The summed E-state index contributed by atoms with van der Waals surface area (Å²) in [6.07, 6.45) is -14.2. The summed E-state index contributed by atoms with van der Waals surface area (Å²) in [5, 5.41) is 33.1. The summed E-state index contributed by atoms with van der Waals surface area (Å²) in [6, 6.07) is 0. The van der Waals surface area contributed by atoms with E-state index < -0.39 is 110 Å². The highest BCUT2D eigenvalue weighted by Gasteiger charge is 2.54. The summed E-state index contributed by atoms with van der Waals surface area (Å²) in [5.74, 6) is -4.15. The Morgan fingerprint density at radius 1 is 0.714 bits per heavy atom. The molecule has 42 heavy (non-hydrogen) atoms. The molecule has 10 atom stereocenters. The Balaban J connectivity index is 2.30. The highest BCUT2D eigenvalue weighted by molar-refractivity contribution is 5.73. The van der Waals surface area contributed by atoms with Crippen molar-refractivity contribution in [3.8, 4) is 0 Å². The van der Waals surface area contributed by atoms with E-state index in [4.69, 9.17) is 33.2 Å². The second-order valence-corrected chi connectivity index (χ2v) is 11.5. The fraction of sp³-hybridized carbons (Fsp3) is 0.857. The van der Waals surface area contributed by atoms with Crippen LogP contribution in [0.2, 0.25) is 0 Å². The van der Waals surface area contributed by atoms with Gasteiger partial charge < -0.3 is 48.5 Å². The van der Waals surface area contributed by atoms with Crippen LogP contribution >= 0.6 is 0 Å². The van der Waals surface area contributed by atoms with Crippen molar-refractivity contribution in [2.75, 3.05) is 6.61 Å². The number of aliphatic hydroxyl groups excluding tert-OH is 3. The lowest BCUT2D eigenvalue weighted by Gasteiger charge is -2.46. The van der Waals surface area contributed by atoms with Crippen LogP contribution in [0.1, 0.15) is 68.2 Å². The first-order chi connectivity index (χ1) is 19.6. The van der Waals surface area contributed by atoms with Crippen molar-refractivity contribution >= 4 is 23.9 Å². The van der Waals surface area contributed by atoms with E-state index in [9.17, 15) is 34.5 Å². The molecular weight excluding hydrogens is 560 g/mol. The molecule has 0 aromatic carbocycles. The number of ether oxygens (including phenoxy) is 7. The molecule has 0 bridgehead atoms. The van der Waals surface area contributed by atoms with Gasteiger partial charge in [-0.05, 0) is 13.3 Å². The zero-order valence-electron chi connectivity index (χ0n) is 25.5. The topological polar surface area (TPSA) is 194 Å². The molecule has 2 rings (SSSR count). The highest BCUT2D eigenvalue weighted by Crippen LogP contribution is 2.32. The Labute approximate surface area is 245 Å². The molecule has 2 heterocycles. The third-order valence-corrected chi connectivity index (χ3v) is 6.71. The monoisotopic (exact) mass is 606 g/mol. The maximum atomic E-state index is 12.5. The van der Waals surface area contributed by atoms with Crippen molar-refractivity contribution < 1.29 is 67.7 Å². The number of carbonyl (C=O) groups excluding carboxylic acids is 4. The molecule has 2 aliphatic rings. The van der Waals surface area contributed by atoms with Crippen molar-refractivity contribution in [1.82, 2.24) is 0 Å². The average molecular weight is 607 g/mol. The van der Waals surface area contributed by atoms with E-state index in [1.807, 2.05) is 0 Å². The number of esters is 4. The molecular formula is C28H46O14. The van der Waals surface area contributed by atoms with E-state index in [1.54, 1.807) is 48.5 Å². The SMILES string of the molecule is CCCC(=O)OC1C(C)OC(OC2C(O)OC(COC(=O)C(C)C)C(OC(=O)C(C)C)C2O)C(O)C1OC(=O)C(C)C. The van der Waals surface area contributed by atoms with Gasteiger partial charge >= 0.3 is 23.9 Å². The van der Waals surface area contributed by atoms with E-state index in [1.165, 1.54) is 6.92 Å². The molecule has 242 valence electrons. The standard InChI is InChI=1S/C28H46O14/c1-9-10-17(29)39-20-15(8)37-28(19(31)22(20)41-26(34)14(6)7)42-23-18(30)21(40-25(33)13(4)5)16(38-27(23)35)11-36-24(32)12(2)3/h12-16,18-23,27-28,30-31,35H,9-11H2,1-8H3. The maximum Gasteiger partial charge on any atom is 0.308 e. The van der Waals surface area contributed by atoms with Crippen LogP contribution in [0.15, 0.2) is 0 Å². The quantitative estimate of drug-likeness (QED) is 0.206. The highest BCUT2D eigenvalue weighted by atomic mass is 16.7. The van der Waals surface area contributed by atoms with E-state index in [0.717, 1.165) is 0 Å². The summed E-state index contributed by atoms with van der Waals surface area (Å²) < 4.78 is 38.7. The first kappa shape index (κ1) is 35.8. The Kier molecular flexibility index (Phi) is 13.6. The zero-order chi connectivity index (χ0) is 31.9. The van der Waals surface area contributed by atoms with Gasteiger partial charge in [0.1, 0.15) is 31.0 Å². The van der Waals surface area contributed by atoms with Gasteiger partial charge in [-0.15, -0.1) is 0 Å². The van der Waals surface area contributed by atoms with Crippen molar-refractivity contribution in [3.63, 3.8) is 0 Å². The first-order valence-corrected chi connectivity index (χ1v) is 14.4. The van der Waals surface area contributed by atoms with Gasteiger partial charge in [0.25, 0.3) is 0 Å². The molecule has 0 saturated carbocycles. The van der Waals surface area contributed by atoms with Gasteiger partial charge in [0.2, 0.25) is 0 Å². The van der Waals surface area contributed by atoms with Crippen LogP contribution in [-0.4, -0.2) is 107 Å². The van der Waals surface area contributed by atoms with Crippen LogP contribution in [0, 0.1) is 17.8 Å². The minimum absolute atomic E-state index is 0.0893. The van der Waals surface area contributed by atoms with Crippen LogP contribution in [0.4, 0.5) is 0 Å². The lowest BCUT2D eigenvalue weighted by molar-refractivity contribution is -0.360. The van der Waals surface area contributed by atoms with Crippen molar-refractivity contribution in [2.24, 2.45) is 17.8 Å². The lowest BCUT2D eigenvalue weighted by atomic mass is 9.96. The van der Waals surface area contributed by atoms with E-state index in [0.29, 0.717) is 6.42 Å². The minimum atomic E-state index is -1.85. The Bertz CT molecular complexity index is 920. The fourth-order valence-corrected chi connectivity index (χ4v) is 4.18. The van der Waals surface area contributed by atoms with E-state index >= 15 is 0 Å². The molecule has 3 N–H and O–H groups in total. The second-order valence-electron chi connectivity index (χ2n) is 11.5. The minimum Gasteiger partial charge on any atom is -0.463 e. The zero-order valence-corrected chi connectivity index (χ0v) is 25.5. The lowest BCUT2D eigenvalue weighted by Crippen LogP contribution is -2.65. The predicted octanol–water partition coefficient (Wildman–Crippen LogP) is 0.602. The van der Waals surface area contributed by atoms with Gasteiger partial charge in [-0.2, -0.15) is 0 Å². The first-order valence-electron chi connectivity index (χ1n) is 14.4. The van der Waals surface area contributed by atoms with Crippen molar-refractivity contribution in [1.29, 1.82) is 0 Å². The van der Waals surface area contributed by atoms with Crippen LogP contribution in [0.25, 0.3) is 0 Å². The third-order valence-electron chi connectivity index (χ3n) is 6.71. The summed E-state index contributed by atoms with van der Waals surface area (Å²) in [5.41, 5.74) is 0. The number of rotatable bonds is 12. The summed E-state index contributed by atoms with van der Waals surface area (Å²) in [4.78, 5) is 49.2. The molecule has 2 aliphatic heterocycles. The molecule has 2 saturated heterocycles. The Morgan fingerprint density at radius 2 is 1.26 bits per heavy atom. The van der Waals surface area contributed by atoms with Crippen LogP contribution < -0.4 is 0 Å². The molecule has 0 radical (unpaired) electrons. The van der Waals surface area contributed by atoms with E-state index in [2.05, 4.69) is 0 Å². The van der Waals surface area contributed by atoms with Gasteiger partial charge in [-0.1, -0.05) is 48.5 Å². The van der Waals surface area contributed by atoms with Crippen LogP contribution in [0.3, 0.4) is 0 Å². The van der Waals surface area contributed by atoms with Crippen molar-refractivity contribution in [2.45, 2.75) is 130 Å². The van der Waals surface area contributed by atoms with Gasteiger partial charge in [0.15, 0.2) is 30.9 Å². The number of hydrogen-bond acceptors (Lipinski definition) is 14. The smallest absolute Gasteiger partial charge is 0.308 e. The number of carbonyl (C=O) groups is 4. The molecule has 0 spiro atoms. The van der Waals surface area contributed by atoms with Crippen LogP contribution in [-0.2, 0) is 52.3 Å². The molecule has 10 unspecified atom stereocenters. The molecule has 2 fully saturated rings. The van der Waals surface area contributed by atoms with Gasteiger partial charge in [-0.25, -0.2) is 0 Å². The largest absolute Gasteiger partial charge is 0.463 e. The molecule has 0 amide bonds. The number of aliphatic hydroxyl groups is 3. The maximum absolute atomic E-state index is 12.5. The summed E-state index contributed by atoms with van der Waals surface area (Å²) in [6.45, 7) is 12.4. The predicted molar refractivity (Wildman–Crippen MR) is 142 cm³/mol. The summed E-state index contributed by atoms with van der Waals surface area (Å²) >= 11 is 0. The van der Waals surface area contributed by atoms with Gasteiger partial charge in [0, 0.05) is 6.42 Å². The molecule has 14 heteroatoms. The van der Waals surface area contributed by atoms with Gasteiger partial charge in [-0.3, -0.25) is 19.2 Å². The molecule has 14 nitrogen and oxygen atoms in total. The average Bonchev–Trinajstić information content (AvgIpc) is 2.90. The summed E-state index contributed by atoms with van der Waals surface area (Å²) in [7, 11) is 0. The third kappa shape index (κ3) is 9.32. The fourth-order valence-electron chi connectivity index (χ4n) is 4.18. The molecule has 0 aromatic rings.